The van der Waals surface area contributed by atoms with E-state index in [1.54, 1.807) is 24.3 Å². The molecule has 0 spiro atoms. The van der Waals surface area contributed by atoms with Crippen molar-refractivity contribution in [2.75, 3.05) is 32.1 Å². The number of anilines is 1. The smallest absolute Gasteiger partial charge is 0.244 e. The van der Waals surface area contributed by atoms with Gasteiger partial charge in [0.15, 0.2) is 0 Å². The molecular weight excluding hydrogens is 468 g/mol. The summed E-state index contributed by atoms with van der Waals surface area (Å²) in [5.41, 5.74) is 2.15. The number of carbonyl (C=O) groups excluding carboxylic acids is 2. The maximum Gasteiger partial charge on any atom is 0.244 e. The van der Waals surface area contributed by atoms with Crippen LogP contribution in [0.2, 0.25) is 0 Å². The van der Waals surface area contributed by atoms with Crippen LogP contribution in [-0.2, 0) is 20.9 Å². The Bertz CT molecular complexity index is 935. The average Bonchev–Trinajstić information content (AvgIpc) is 3.22. The third kappa shape index (κ3) is 9.90. The lowest BCUT2D eigenvalue weighted by molar-refractivity contribution is -0.131. The zero-order chi connectivity index (χ0) is 24.6. The number of halogens is 1. The lowest BCUT2D eigenvalue weighted by atomic mass is 9.76. The molecule has 1 heterocycles. The average molecular weight is 507 g/mol. The molecule has 2 aromatic rings. The lowest BCUT2D eigenvalue weighted by Crippen LogP contribution is -2.33. The van der Waals surface area contributed by atoms with Crippen molar-refractivity contribution >= 4 is 29.9 Å². The van der Waals surface area contributed by atoms with Gasteiger partial charge >= 0.3 is 0 Å². The highest BCUT2D eigenvalue weighted by molar-refractivity contribution is 5.90. The number of nitrogens with one attached hydrogen (secondary N) is 1. The molecule has 1 aromatic carbocycles. The van der Waals surface area contributed by atoms with E-state index in [2.05, 4.69) is 24.3 Å². The fourth-order valence-corrected chi connectivity index (χ4v) is 3.91. The van der Waals surface area contributed by atoms with Gasteiger partial charge in [0, 0.05) is 13.2 Å². The molecule has 0 aliphatic heterocycles. The van der Waals surface area contributed by atoms with E-state index in [0.29, 0.717) is 37.3 Å². The number of hydrogen-bond acceptors (Lipinski definition) is 5. The van der Waals surface area contributed by atoms with E-state index in [9.17, 15) is 9.59 Å². The third-order valence-corrected chi connectivity index (χ3v) is 6.33. The first-order valence-electron chi connectivity index (χ1n) is 12.1. The van der Waals surface area contributed by atoms with E-state index in [4.69, 9.17) is 9.47 Å². The summed E-state index contributed by atoms with van der Waals surface area (Å²) < 4.78 is 13.1. The van der Waals surface area contributed by atoms with Crippen LogP contribution >= 0.6 is 12.4 Å². The zero-order valence-electron chi connectivity index (χ0n) is 21.3. The Kier molecular flexibility index (Phi) is 11.0. The first kappa shape index (κ1) is 28.7. The molecule has 35 heavy (non-hydrogen) atoms. The van der Waals surface area contributed by atoms with Gasteiger partial charge in [-0.3, -0.25) is 14.3 Å². The lowest BCUT2D eigenvalue weighted by Gasteiger charge is -2.34. The Balaban J connectivity index is 0.00000432. The molecule has 1 fully saturated rings. The molecule has 1 N–H and O–H groups in total. The molecule has 1 aromatic heterocycles. The number of ether oxygens (including phenoxy) is 2. The highest BCUT2D eigenvalue weighted by Gasteiger charge is 2.27. The normalized spacial score (nSPS) is 15.2. The molecule has 2 amide bonds. The number of aromatic nitrogens is 2. The number of amides is 2. The van der Waals surface area contributed by atoms with Gasteiger partial charge < -0.3 is 19.7 Å². The molecule has 1 aliphatic rings. The summed E-state index contributed by atoms with van der Waals surface area (Å²) in [7, 11) is 1.74. The van der Waals surface area contributed by atoms with Gasteiger partial charge in [-0.1, -0.05) is 31.5 Å². The predicted octanol–water partition coefficient (Wildman–Crippen LogP) is 4.46. The van der Waals surface area contributed by atoms with Crippen LogP contribution in [0.3, 0.4) is 0 Å². The molecule has 0 radical (unpaired) electrons. The monoisotopic (exact) mass is 506 g/mol. The van der Waals surface area contributed by atoms with Gasteiger partial charge in [0.25, 0.3) is 0 Å². The van der Waals surface area contributed by atoms with Crippen LogP contribution < -0.4 is 10.1 Å². The highest BCUT2D eigenvalue weighted by Crippen LogP contribution is 2.36. The van der Waals surface area contributed by atoms with E-state index >= 15 is 0 Å². The number of benzene rings is 1. The standard InChI is InChI=1S/C26H38N4O4.ClH/c1-20-5-7-22(8-6-20)34-16-14-29(4)25(32)19-30-18-21(17-27-30)28-24(31)11-15-33-23-9-12-26(2,3)13-10-23;/h5-8,17-18,23H,9-16,19H2,1-4H3,(H,28,31);1H. The molecule has 0 saturated heterocycles. The van der Waals surface area contributed by atoms with Crippen LogP contribution in [0.4, 0.5) is 5.69 Å². The van der Waals surface area contributed by atoms with Crippen molar-refractivity contribution in [3.05, 3.63) is 42.2 Å². The molecule has 8 nitrogen and oxygen atoms in total. The van der Waals surface area contributed by atoms with Gasteiger partial charge in [0.1, 0.15) is 18.9 Å². The summed E-state index contributed by atoms with van der Waals surface area (Å²) in [5.74, 6) is 0.580. The van der Waals surface area contributed by atoms with Crippen LogP contribution in [0.5, 0.6) is 5.75 Å². The molecule has 3 rings (SSSR count). The van der Waals surface area contributed by atoms with E-state index in [0.717, 1.165) is 31.4 Å². The van der Waals surface area contributed by atoms with Crippen LogP contribution in [-0.4, -0.2) is 59.4 Å². The summed E-state index contributed by atoms with van der Waals surface area (Å²) in [4.78, 5) is 26.3. The van der Waals surface area contributed by atoms with Crippen molar-refractivity contribution in [1.82, 2.24) is 14.7 Å². The Hall–Kier alpha value is -2.58. The molecule has 0 atom stereocenters. The van der Waals surface area contributed by atoms with Crippen molar-refractivity contribution in [1.29, 1.82) is 0 Å². The van der Waals surface area contributed by atoms with E-state index in [-0.39, 0.29) is 36.9 Å². The first-order valence-corrected chi connectivity index (χ1v) is 12.1. The Morgan fingerprint density at radius 1 is 1.17 bits per heavy atom. The molecule has 9 heteroatoms. The second-order valence-electron chi connectivity index (χ2n) is 9.94. The Labute approximate surface area is 214 Å². The fourth-order valence-electron chi connectivity index (χ4n) is 3.91. The summed E-state index contributed by atoms with van der Waals surface area (Å²) in [6, 6.07) is 7.81. The summed E-state index contributed by atoms with van der Waals surface area (Å²) in [6.07, 6.45) is 8.21. The molecule has 194 valence electrons. The maximum atomic E-state index is 12.5. The number of nitrogens with zero attached hydrogens (tertiary/aromatic N) is 3. The first-order chi connectivity index (χ1) is 16.2. The van der Waals surface area contributed by atoms with Crippen molar-refractivity contribution < 1.29 is 19.1 Å². The minimum Gasteiger partial charge on any atom is -0.492 e. The minimum absolute atomic E-state index is 0. The number of carbonyl (C=O) groups is 2. The van der Waals surface area contributed by atoms with Gasteiger partial charge in [0.2, 0.25) is 11.8 Å². The van der Waals surface area contributed by atoms with Crippen LogP contribution in [0, 0.1) is 12.3 Å². The van der Waals surface area contributed by atoms with Crippen LogP contribution in [0.15, 0.2) is 36.7 Å². The maximum absolute atomic E-state index is 12.5. The SMILES string of the molecule is Cc1ccc(OCCN(C)C(=O)Cn2cc(NC(=O)CCOC3CCC(C)(C)CC3)cn2)cc1.Cl. The van der Waals surface area contributed by atoms with Crippen LogP contribution in [0.1, 0.15) is 51.5 Å². The topological polar surface area (TPSA) is 85.7 Å². The molecular formula is C26H39ClN4O4. The van der Waals surface area contributed by atoms with E-state index in [1.807, 2.05) is 31.2 Å². The summed E-state index contributed by atoms with van der Waals surface area (Å²) >= 11 is 0. The van der Waals surface area contributed by atoms with Crippen molar-refractivity contribution in [2.24, 2.45) is 5.41 Å². The number of hydrogen-bond donors (Lipinski definition) is 1. The fraction of sp³-hybridized carbons (Fsp3) is 0.577. The molecule has 1 saturated carbocycles. The largest absolute Gasteiger partial charge is 0.492 e. The number of likely N-dealkylation sites (N-methyl/N-ethyl adjacent to an activating group) is 1. The predicted molar refractivity (Wildman–Crippen MR) is 139 cm³/mol. The van der Waals surface area contributed by atoms with Gasteiger partial charge in [-0.25, -0.2) is 0 Å². The quantitative estimate of drug-likeness (QED) is 0.486. The zero-order valence-corrected chi connectivity index (χ0v) is 22.1. The summed E-state index contributed by atoms with van der Waals surface area (Å²) in [6.45, 7) is 8.00. The molecule has 0 bridgehead atoms. The van der Waals surface area contributed by atoms with Crippen LogP contribution in [0.25, 0.3) is 0 Å². The van der Waals surface area contributed by atoms with Gasteiger partial charge in [-0.05, 0) is 50.2 Å². The highest BCUT2D eigenvalue weighted by atomic mass is 35.5. The molecule has 0 unspecified atom stereocenters. The number of aryl methyl sites for hydroxylation is 1. The van der Waals surface area contributed by atoms with Gasteiger partial charge in [0.05, 0.1) is 37.6 Å². The molecule has 1 aliphatic carbocycles. The van der Waals surface area contributed by atoms with Crippen molar-refractivity contribution in [2.45, 2.75) is 65.5 Å². The van der Waals surface area contributed by atoms with E-state index < -0.39 is 0 Å². The Morgan fingerprint density at radius 2 is 1.86 bits per heavy atom. The third-order valence-electron chi connectivity index (χ3n) is 6.33. The van der Waals surface area contributed by atoms with Crippen molar-refractivity contribution in [3.8, 4) is 5.75 Å². The number of rotatable bonds is 11. The Morgan fingerprint density at radius 3 is 2.54 bits per heavy atom. The van der Waals surface area contributed by atoms with Gasteiger partial charge in [-0.15, -0.1) is 12.4 Å². The minimum atomic E-state index is -0.118. The van der Waals surface area contributed by atoms with Gasteiger partial charge in [-0.2, -0.15) is 5.10 Å². The second kappa shape index (κ2) is 13.5. The summed E-state index contributed by atoms with van der Waals surface area (Å²) in [5, 5.41) is 7.01. The van der Waals surface area contributed by atoms with E-state index in [1.165, 1.54) is 10.2 Å². The second-order valence-corrected chi connectivity index (χ2v) is 9.94. The van der Waals surface area contributed by atoms with Crippen molar-refractivity contribution in [3.63, 3.8) is 0 Å².